The summed E-state index contributed by atoms with van der Waals surface area (Å²) in [6.45, 7) is 6.13. The molecule has 0 spiro atoms. The smallest absolute Gasteiger partial charge is 0.311 e. The van der Waals surface area contributed by atoms with Gasteiger partial charge >= 0.3 is 5.69 Å². The molecule has 0 aliphatic carbocycles. The zero-order valence-corrected chi connectivity index (χ0v) is 20.8. The standard InChI is InChI=1S/C28H25FN2O7/c1-4-38-23-12-6-17(13-20(23)15(2)3)26(33)24-25(16-5-11-22(32)21(14-16)31(36)37)30(28(35)27(24)34)19-9-7-18(29)8-10-19/h5-15,25,32-33H,4H2,1-3H3/b26-24-. The number of carbonyl (C=O) groups excluding carboxylic acids is 2. The fourth-order valence-electron chi connectivity index (χ4n) is 4.46. The predicted octanol–water partition coefficient (Wildman–Crippen LogP) is 5.59. The normalized spacial score (nSPS) is 16.8. The van der Waals surface area contributed by atoms with Gasteiger partial charge < -0.3 is 14.9 Å². The molecule has 0 radical (unpaired) electrons. The van der Waals surface area contributed by atoms with Gasteiger partial charge in [-0.1, -0.05) is 19.9 Å². The number of hydrogen-bond donors (Lipinski definition) is 2. The second kappa shape index (κ2) is 10.3. The number of phenolic OH excluding ortho intramolecular Hbond substituents is 1. The monoisotopic (exact) mass is 520 g/mol. The second-order valence-corrected chi connectivity index (χ2v) is 8.99. The van der Waals surface area contributed by atoms with Crippen LogP contribution in [0.4, 0.5) is 15.8 Å². The van der Waals surface area contributed by atoms with Gasteiger partial charge in [-0.3, -0.25) is 24.6 Å². The maximum Gasteiger partial charge on any atom is 0.311 e. The van der Waals surface area contributed by atoms with E-state index in [0.29, 0.717) is 12.4 Å². The summed E-state index contributed by atoms with van der Waals surface area (Å²) in [5.41, 5.74) is 0.291. The minimum Gasteiger partial charge on any atom is -0.507 e. The first-order valence-corrected chi connectivity index (χ1v) is 11.9. The van der Waals surface area contributed by atoms with Crippen LogP contribution in [0.15, 0.2) is 66.2 Å². The number of Topliss-reactive ketones (excluding diaryl/α,β-unsaturated/α-hetero) is 1. The molecule has 0 saturated carbocycles. The Morgan fingerprint density at radius 1 is 1.11 bits per heavy atom. The Kier molecular flexibility index (Phi) is 7.16. The van der Waals surface area contributed by atoms with Gasteiger partial charge in [0.05, 0.1) is 23.1 Å². The van der Waals surface area contributed by atoms with Gasteiger partial charge in [-0.2, -0.15) is 0 Å². The Balaban J connectivity index is 1.97. The van der Waals surface area contributed by atoms with Crippen molar-refractivity contribution in [2.24, 2.45) is 0 Å². The number of ketones is 1. The van der Waals surface area contributed by atoms with Crippen molar-refractivity contribution in [3.8, 4) is 11.5 Å². The van der Waals surface area contributed by atoms with Crippen molar-refractivity contribution in [1.29, 1.82) is 0 Å². The van der Waals surface area contributed by atoms with E-state index in [9.17, 15) is 34.3 Å². The predicted molar refractivity (Wildman–Crippen MR) is 138 cm³/mol. The van der Waals surface area contributed by atoms with Crippen LogP contribution in [-0.2, 0) is 9.59 Å². The Labute approximate surface area is 217 Å². The molecule has 196 valence electrons. The molecule has 1 heterocycles. The first kappa shape index (κ1) is 26.3. The van der Waals surface area contributed by atoms with Crippen LogP contribution in [-0.4, -0.2) is 33.4 Å². The summed E-state index contributed by atoms with van der Waals surface area (Å²) in [7, 11) is 0. The van der Waals surface area contributed by atoms with Gasteiger partial charge in [-0.25, -0.2) is 4.39 Å². The summed E-state index contributed by atoms with van der Waals surface area (Å²) in [6, 6.07) is 11.8. The Bertz CT molecular complexity index is 1460. The Morgan fingerprint density at radius 3 is 2.39 bits per heavy atom. The molecule has 3 aromatic carbocycles. The lowest BCUT2D eigenvalue weighted by atomic mass is 9.92. The zero-order chi connectivity index (χ0) is 27.7. The number of phenols is 1. The van der Waals surface area contributed by atoms with Crippen LogP contribution >= 0.6 is 0 Å². The third-order valence-electron chi connectivity index (χ3n) is 6.27. The van der Waals surface area contributed by atoms with E-state index in [1.54, 1.807) is 18.2 Å². The van der Waals surface area contributed by atoms with E-state index >= 15 is 0 Å². The van der Waals surface area contributed by atoms with Crippen molar-refractivity contribution in [2.75, 3.05) is 11.5 Å². The number of benzene rings is 3. The van der Waals surface area contributed by atoms with E-state index in [2.05, 4.69) is 0 Å². The number of rotatable bonds is 7. The molecule has 38 heavy (non-hydrogen) atoms. The molecule has 0 aromatic heterocycles. The lowest BCUT2D eigenvalue weighted by molar-refractivity contribution is -0.385. The summed E-state index contributed by atoms with van der Waals surface area (Å²) in [4.78, 5) is 38.3. The van der Waals surface area contributed by atoms with Gasteiger partial charge in [0.1, 0.15) is 17.3 Å². The van der Waals surface area contributed by atoms with Crippen molar-refractivity contribution < 1.29 is 33.9 Å². The number of aliphatic hydroxyl groups excluding tert-OH is 1. The number of nitro groups is 1. The van der Waals surface area contributed by atoms with E-state index < -0.39 is 45.7 Å². The third-order valence-corrected chi connectivity index (χ3v) is 6.27. The average molecular weight is 521 g/mol. The molecule has 1 aliphatic rings. The highest BCUT2D eigenvalue weighted by atomic mass is 19.1. The molecule has 1 aliphatic heterocycles. The lowest BCUT2D eigenvalue weighted by Gasteiger charge is -2.25. The van der Waals surface area contributed by atoms with Crippen LogP contribution in [0, 0.1) is 15.9 Å². The van der Waals surface area contributed by atoms with Gasteiger partial charge in [-0.15, -0.1) is 0 Å². The summed E-state index contributed by atoms with van der Waals surface area (Å²) in [5, 5.41) is 32.9. The molecule has 1 saturated heterocycles. The number of aromatic hydroxyl groups is 1. The SMILES string of the molecule is CCOc1ccc(/C(O)=C2/C(=O)C(=O)N(c3ccc(F)cc3)C2c2ccc(O)c([N+](=O)[O-])c2)cc1C(C)C. The molecule has 2 N–H and O–H groups in total. The summed E-state index contributed by atoms with van der Waals surface area (Å²) in [6.07, 6.45) is 0. The number of hydrogen-bond acceptors (Lipinski definition) is 7. The molecule has 3 aromatic rings. The highest BCUT2D eigenvalue weighted by Crippen LogP contribution is 2.44. The number of nitro benzene ring substituents is 1. The van der Waals surface area contributed by atoms with Crippen LogP contribution in [0.1, 0.15) is 49.4 Å². The van der Waals surface area contributed by atoms with Crippen LogP contribution < -0.4 is 9.64 Å². The van der Waals surface area contributed by atoms with Crippen molar-refractivity contribution >= 4 is 28.8 Å². The zero-order valence-electron chi connectivity index (χ0n) is 20.8. The average Bonchev–Trinajstić information content (AvgIpc) is 3.14. The number of ether oxygens (including phenoxy) is 1. The number of nitrogens with zero attached hydrogens (tertiary/aromatic N) is 2. The largest absolute Gasteiger partial charge is 0.507 e. The highest BCUT2D eigenvalue weighted by molar-refractivity contribution is 6.51. The topological polar surface area (TPSA) is 130 Å². The Morgan fingerprint density at radius 2 is 1.79 bits per heavy atom. The molecule has 1 fully saturated rings. The van der Waals surface area contributed by atoms with Gasteiger partial charge in [0.15, 0.2) is 5.75 Å². The second-order valence-electron chi connectivity index (χ2n) is 8.99. The molecule has 0 bridgehead atoms. The molecular formula is C28H25FN2O7. The van der Waals surface area contributed by atoms with E-state index in [1.165, 1.54) is 18.2 Å². The maximum atomic E-state index is 13.6. The van der Waals surface area contributed by atoms with E-state index in [4.69, 9.17) is 4.74 Å². The first-order chi connectivity index (χ1) is 18.0. The number of amides is 1. The summed E-state index contributed by atoms with van der Waals surface area (Å²) < 4.78 is 19.3. The fraction of sp³-hybridized carbons (Fsp3) is 0.214. The van der Waals surface area contributed by atoms with Gasteiger partial charge in [0.25, 0.3) is 11.7 Å². The highest BCUT2D eigenvalue weighted by Gasteiger charge is 2.47. The van der Waals surface area contributed by atoms with Gasteiger partial charge in [0.2, 0.25) is 0 Å². The van der Waals surface area contributed by atoms with Crippen LogP contribution in [0.3, 0.4) is 0 Å². The molecule has 4 rings (SSSR count). The molecule has 9 nitrogen and oxygen atoms in total. The van der Waals surface area contributed by atoms with Crippen molar-refractivity contribution in [3.63, 3.8) is 0 Å². The minimum absolute atomic E-state index is 0.00136. The fourth-order valence-corrected chi connectivity index (χ4v) is 4.46. The van der Waals surface area contributed by atoms with Crippen LogP contribution in [0.25, 0.3) is 5.76 Å². The molecular weight excluding hydrogens is 495 g/mol. The number of carbonyl (C=O) groups is 2. The summed E-state index contributed by atoms with van der Waals surface area (Å²) >= 11 is 0. The minimum atomic E-state index is -1.30. The quantitative estimate of drug-likeness (QED) is 0.137. The van der Waals surface area contributed by atoms with Gasteiger partial charge in [-0.05, 0) is 72.5 Å². The summed E-state index contributed by atoms with van der Waals surface area (Å²) in [5.74, 6) is -3.08. The molecule has 1 unspecified atom stereocenters. The molecule has 1 atom stereocenters. The number of halogens is 1. The Hall–Kier alpha value is -4.73. The number of anilines is 1. The number of aliphatic hydroxyl groups is 1. The van der Waals surface area contributed by atoms with Gasteiger partial charge in [0, 0.05) is 17.3 Å². The van der Waals surface area contributed by atoms with Crippen molar-refractivity contribution in [1.82, 2.24) is 0 Å². The molecule has 10 heteroatoms. The molecule has 1 amide bonds. The lowest BCUT2D eigenvalue weighted by Crippen LogP contribution is -2.29. The van der Waals surface area contributed by atoms with E-state index in [1.807, 2.05) is 20.8 Å². The van der Waals surface area contributed by atoms with Crippen molar-refractivity contribution in [2.45, 2.75) is 32.7 Å². The van der Waals surface area contributed by atoms with Crippen LogP contribution in [0.5, 0.6) is 11.5 Å². The van der Waals surface area contributed by atoms with Crippen LogP contribution in [0.2, 0.25) is 0 Å². The maximum absolute atomic E-state index is 13.6. The first-order valence-electron chi connectivity index (χ1n) is 11.9. The van der Waals surface area contributed by atoms with E-state index in [0.717, 1.165) is 34.7 Å². The third kappa shape index (κ3) is 4.68. The van der Waals surface area contributed by atoms with E-state index in [-0.39, 0.29) is 28.3 Å². The van der Waals surface area contributed by atoms with Crippen molar-refractivity contribution in [3.05, 3.63) is 98.9 Å².